The van der Waals surface area contributed by atoms with E-state index in [0.717, 1.165) is 5.56 Å². The number of piperazine rings is 1. The molecule has 0 spiro atoms. The van der Waals surface area contributed by atoms with Crippen molar-refractivity contribution in [2.45, 2.75) is 19.5 Å². The van der Waals surface area contributed by atoms with E-state index in [1.165, 1.54) is 5.56 Å². The van der Waals surface area contributed by atoms with Gasteiger partial charge in [-0.3, -0.25) is 14.9 Å². The Labute approximate surface area is 113 Å². The first kappa shape index (κ1) is 13.5. The van der Waals surface area contributed by atoms with Crippen molar-refractivity contribution in [2.24, 2.45) is 0 Å². The van der Waals surface area contributed by atoms with Gasteiger partial charge in [-0.15, -0.1) is 0 Å². The van der Waals surface area contributed by atoms with Crippen LogP contribution in [0.25, 0.3) is 0 Å². The van der Waals surface area contributed by atoms with E-state index in [-0.39, 0.29) is 24.4 Å². The van der Waals surface area contributed by atoms with Gasteiger partial charge in [-0.2, -0.15) is 0 Å². The van der Waals surface area contributed by atoms with Crippen LogP contribution in [0.5, 0.6) is 0 Å². The highest BCUT2D eigenvalue weighted by molar-refractivity contribution is 5.86. The molecule has 0 saturated carbocycles. The van der Waals surface area contributed by atoms with Gasteiger partial charge in [-0.25, -0.2) is 0 Å². The van der Waals surface area contributed by atoms with Crippen molar-refractivity contribution in [2.75, 3.05) is 20.1 Å². The van der Waals surface area contributed by atoms with Gasteiger partial charge >= 0.3 is 0 Å². The molecule has 5 nitrogen and oxygen atoms in total. The lowest BCUT2D eigenvalue weighted by Crippen LogP contribution is -2.58. The Morgan fingerprint density at radius 3 is 2.63 bits per heavy atom. The minimum atomic E-state index is -0.326. The molecule has 0 radical (unpaired) electrons. The largest absolute Gasteiger partial charge is 0.353 e. The van der Waals surface area contributed by atoms with Gasteiger partial charge in [0.05, 0.1) is 6.54 Å². The predicted molar refractivity (Wildman–Crippen MR) is 72.5 cm³/mol. The Morgan fingerprint density at radius 1 is 1.37 bits per heavy atom. The second-order valence-electron chi connectivity index (χ2n) is 4.92. The Morgan fingerprint density at radius 2 is 2.05 bits per heavy atom. The Kier molecular flexibility index (Phi) is 4.16. The number of likely N-dealkylation sites (N-methyl/N-ethyl adjacent to an activating group) is 1. The molecule has 1 aliphatic rings. The molecule has 2 N–H and O–H groups in total. The number of carbonyl (C=O) groups is 2. The number of carbonyl (C=O) groups excluding carboxylic acids is 2. The molecule has 19 heavy (non-hydrogen) atoms. The molecule has 5 heteroatoms. The first-order valence-corrected chi connectivity index (χ1v) is 6.37. The molecule has 102 valence electrons. The lowest BCUT2D eigenvalue weighted by atomic mass is 10.1. The maximum atomic E-state index is 12.2. The fourth-order valence-corrected chi connectivity index (χ4v) is 2.05. The number of benzene rings is 1. The van der Waals surface area contributed by atoms with Crippen LogP contribution in [0.1, 0.15) is 11.1 Å². The highest BCUT2D eigenvalue weighted by Gasteiger charge is 2.26. The van der Waals surface area contributed by atoms with E-state index in [4.69, 9.17) is 0 Å². The fourth-order valence-electron chi connectivity index (χ4n) is 2.05. The highest BCUT2D eigenvalue weighted by atomic mass is 16.2. The van der Waals surface area contributed by atoms with Gasteiger partial charge in [0, 0.05) is 20.1 Å². The molecule has 2 rings (SSSR count). The molecule has 1 aromatic rings. The molecular formula is C14H19N3O2. The van der Waals surface area contributed by atoms with Crippen molar-refractivity contribution in [3.63, 3.8) is 0 Å². The first-order valence-electron chi connectivity index (χ1n) is 6.37. The van der Waals surface area contributed by atoms with Crippen molar-refractivity contribution in [3.05, 3.63) is 35.4 Å². The van der Waals surface area contributed by atoms with Crippen LogP contribution in [-0.4, -0.2) is 42.9 Å². The van der Waals surface area contributed by atoms with Gasteiger partial charge in [0.25, 0.3) is 0 Å². The van der Waals surface area contributed by atoms with Crippen molar-refractivity contribution >= 4 is 11.8 Å². The Hall–Kier alpha value is -1.88. The Balaban J connectivity index is 1.92. The summed E-state index contributed by atoms with van der Waals surface area (Å²) in [7, 11) is 1.78. The maximum Gasteiger partial charge on any atom is 0.241 e. The summed E-state index contributed by atoms with van der Waals surface area (Å²) in [6.45, 7) is 3.17. The minimum Gasteiger partial charge on any atom is -0.353 e. The van der Waals surface area contributed by atoms with Gasteiger partial charge in [-0.05, 0) is 12.5 Å². The number of amides is 2. The lowest BCUT2D eigenvalue weighted by molar-refractivity contribution is -0.134. The lowest BCUT2D eigenvalue weighted by Gasteiger charge is -2.27. The van der Waals surface area contributed by atoms with Crippen LogP contribution in [0.3, 0.4) is 0 Å². The molecule has 2 amide bonds. The average molecular weight is 261 g/mol. The maximum absolute atomic E-state index is 12.2. The zero-order valence-electron chi connectivity index (χ0n) is 11.3. The van der Waals surface area contributed by atoms with Crippen molar-refractivity contribution in [1.29, 1.82) is 0 Å². The SMILES string of the molecule is Cc1ccc(CN(C)C(=O)C2CNC(=O)CN2)cc1. The summed E-state index contributed by atoms with van der Waals surface area (Å²) in [5, 5.41) is 5.63. The van der Waals surface area contributed by atoms with E-state index in [9.17, 15) is 9.59 Å². The molecule has 0 aromatic heterocycles. The van der Waals surface area contributed by atoms with Crippen molar-refractivity contribution in [3.8, 4) is 0 Å². The highest BCUT2D eigenvalue weighted by Crippen LogP contribution is 2.07. The van der Waals surface area contributed by atoms with Crippen molar-refractivity contribution in [1.82, 2.24) is 15.5 Å². The third-order valence-corrected chi connectivity index (χ3v) is 3.23. The van der Waals surface area contributed by atoms with Crippen molar-refractivity contribution < 1.29 is 9.59 Å². The number of hydrogen-bond acceptors (Lipinski definition) is 3. The number of rotatable bonds is 3. The summed E-state index contributed by atoms with van der Waals surface area (Å²) in [5.41, 5.74) is 2.30. The summed E-state index contributed by atoms with van der Waals surface area (Å²) in [4.78, 5) is 24.9. The summed E-state index contributed by atoms with van der Waals surface area (Å²) < 4.78 is 0. The summed E-state index contributed by atoms with van der Waals surface area (Å²) in [5.74, 6) is -0.0641. The quantitative estimate of drug-likeness (QED) is 0.807. The van der Waals surface area contributed by atoms with Crippen LogP contribution in [0, 0.1) is 6.92 Å². The standard InChI is InChI=1S/C14H19N3O2/c1-10-3-5-11(6-4-10)9-17(2)14(19)12-7-16-13(18)8-15-12/h3-6,12,15H,7-9H2,1-2H3,(H,16,18). The topological polar surface area (TPSA) is 61.4 Å². The molecule has 0 aliphatic carbocycles. The molecule has 1 heterocycles. The molecule has 1 atom stereocenters. The first-order chi connectivity index (χ1) is 9.06. The van der Waals surface area contributed by atoms with Gasteiger partial charge in [0.2, 0.25) is 11.8 Å². The van der Waals surface area contributed by atoms with E-state index in [1.54, 1.807) is 11.9 Å². The number of hydrogen-bond donors (Lipinski definition) is 2. The third-order valence-electron chi connectivity index (χ3n) is 3.23. The zero-order valence-corrected chi connectivity index (χ0v) is 11.3. The molecule has 1 saturated heterocycles. The molecule has 1 unspecified atom stereocenters. The smallest absolute Gasteiger partial charge is 0.241 e. The Bertz CT molecular complexity index is 460. The molecule has 1 aromatic carbocycles. The van der Waals surface area contributed by atoms with E-state index in [0.29, 0.717) is 13.1 Å². The van der Waals surface area contributed by atoms with E-state index in [2.05, 4.69) is 10.6 Å². The second-order valence-corrected chi connectivity index (χ2v) is 4.92. The van der Waals surface area contributed by atoms with E-state index < -0.39 is 0 Å². The van der Waals surface area contributed by atoms with Crippen LogP contribution in [0.2, 0.25) is 0 Å². The van der Waals surface area contributed by atoms with E-state index >= 15 is 0 Å². The molecule has 1 fully saturated rings. The van der Waals surface area contributed by atoms with Gasteiger partial charge in [-0.1, -0.05) is 29.8 Å². The van der Waals surface area contributed by atoms with Crippen LogP contribution in [0.15, 0.2) is 24.3 Å². The van der Waals surface area contributed by atoms with Gasteiger partial charge < -0.3 is 10.2 Å². The zero-order chi connectivity index (χ0) is 13.8. The van der Waals surface area contributed by atoms with Gasteiger partial charge in [0.15, 0.2) is 0 Å². The van der Waals surface area contributed by atoms with E-state index in [1.807, 2.05) is 31.2 Å². The molecule has 0 bridgehead atoms. The summed E-state index contributed by atoms with van der Waals surface area (Å²) in [6.07, 6.45) is 0. The number of nitrogens with one attached hydrogen (secondary N) is 2. The number of nitrogens with zero attached hydrogens (tertiary/aromatic N) is 1. The molecule has 1 aliphatic heterocycles. The monoisotopic (exact) mass is 261 g/mol. The minimum absolute atomic E-state index is 0.000532. The number of aryl methyl sites for hydroxylation is 1. The van der Waals surface area contributed by atoms with Crippen LogP contribution in [0.4, 0.5) is 0 Å². The average Bonchev–Trinajstić information content (AvgIpc) is 2.41. The summed E-state index contributed by atoms with van der Waals surface area (Å²) >= 11 is 0. The fraction of sp³-hybridized carbons (Fsp3) is 0.429. The third kappa shape index (κ3) is 3.54. The normalized spacial score (nSPS) is 18.8. The van der Waals surface area contributed by atoms with Crippen LogP contribution < -0.4 is 10.6 Å². The van der Waals surface area contributed by atoms with Crippen LogP contribution in [-0.2, 0) is 16.1 Å². The van der Waals surface area contributed by atoms with Crippen LogP contribution >= 0.6 is 0 Å². The summed E-state index contributed by atoms with van der Waals surface area (Å²) in [6, 6.07) is 7.79. The molecular weight excluding hydrogens is 242 g/mol. The van der Waals surface area contributed by atoms with Gasteiger partial charge in [0.1, 0.15) is 6.04 Å². The predicted octanol–water partition coefficient (Wildman–Crippen LogP) is 0.0414. The second kappa shape index (κ2) is 5.84.